The summed E-state index contributed by atoms with van der Waals surface area (Å²) in [6, 6.07) is 11.0. The first-order valence-electron chi connectivity index (χ1n) is 7.26. The van der Waals surface area contributed by atoms with Crippen molar-refractivity contribution in [2.24, 2.45) is 0 Å². The van der Waals surface area contributed by atoms with E-state index in [9.17, 15) is 9.59 Å². The van der Waals surface area contributed by atoms with Crippen molar-refractivity contribution in [3.05, 3.63) is 58.7 Å². The molecule has 0 saturated heterocycles. The zero-order chi connectivity index (χ0) is 16.2. The molecule has 1 aromatic carbocycles. The van der Waals surface area contributed by atoms with Gasteiger partial charge in [-0.2, -0.15) is 0 Å². The van der Waals surface area contributed by atoms with Crippen LogP contribution in [0.4, 0.5) is 0 Å². The summed E-state index contributed by atoms with van der Waals surface area (Å²) in [5, 5.41) is 4.00. The van der Waals surface area contributed by atoms with E-state index < -0.39 is 0 Å². The average molecular weight is 347 g/mol. The van der Waals surface area contributed by atoms with Crippen molar-refractivity contribution in [1.82, 2.24) is 10.3 Å². The largest absolute Gasteiger partial charge is 0.352 e. The summed E-state index contributed by atoms with van der Waals surface area (Å²) in [4.78, 5) is 28.5. The number of amides is 1. The minimum Gasteiger partial charge on any atom is -0.352 e. The van der Waals surface area contributed by atoms with E-state index in [1.54, 1.807) is 18.3 Å². The Morgan fingerprint density at radius 3 is 2.87 bits per heavy atom. The van der Waals surface area contributed by atoms with Crippen LogP contribution >= 0.6 is 23.4 Å². The average Bonchev–Trinajstić information content (AvgIpc) is 2.55. The first-order chi connectivity index (χ1) is 11.1. The van der Waals surface area contributed by atoms with Gasteiger partial charge in [0.05, 0.1) is 5.25 Å². The van der Waals surface area contributed by atoms with E-state index in [4.69, 9.17) is 11.6 Å². The fourth-order valence-corrected chi connectivity index (χ4v) is 3.62. The number of halogens is 1. The number of carbonyl (C=O) groups is 2. The van der Waals surface area contributed by atoms with E-state index in [-0.39, 0.29) is 23.4 Å². The van der Waals surface area contributed by atoms with Gasteiger partial charge in [-0.05, 0) is 29.3 Å². The number of carbonyl (C=O) groups excluding carboxylic acids is 2. The predicted octanol–water partition coefficient (Wildman–Crippen LogP) is 3.03. The lowest BCUT2D eigenvalue weighted by atomic mass is 10.1. The van der Waals surface area contributed by atoms with Crippen LogP contribution in [0.25, 0.3) is 0 Å². The number of benzene rings is 1. The molecule has 2 heterocycles. The van der Waals surface area contributed by atoms with Gasteiger partial charge in [0.1, 0.15) is 5.03 Å². The molecular weight excluding hydrogens is 332 g/mol. The first kappa shape index (κ1) is 16.0. The van der Waals surface area contributed by atoms with Crippen molar-refractivity contribution < 1.29 is 9.59 Å². The third-order valence-corrected chi connectivity index (χ3v) is 5.16. The molecule has 0 spiro atoms. The normalized spacial score (nSPS) is 16.7. The number of fused-ring (bicyclic) bond motifs is 1. The number of nitrogens with zero attached hydrogens (tertiary/aromatic N) is 1. The van der Waals surface area contributed by atoms with E-state index in [0.717, 1.165) is 16.2 Å². The van der Waals surface area contributed by atoms with Gasteiger partial charge in [-0.3, -0.25) is 9.59 Å². The van der Waals surface area contributed by atoms with Gasteiger partial charge in [0.25, 0.3) is 0 Å². The van der Waals surface area contributed by atoms with Crippen LogP contribution in [0, 0.1) is 0 Å². The van der Waals surface area contributed by atoms with Gasteiger partial charge in [-0.25, -0.2) is 4.98 Å². The minimum absolute atomic E-state index is 0.0807. The van der Waals surface area contributed by atoms with Crippen molar-refractivity contribution in [3.63, 3.8) is 0 Å². The molecule has 1 atom stereocenters. The van der Waals surface area contributed by atoms with Crippen LogP contribution in [-0.2, 0) is 22.6 Å². The van der Waals surface area contributed by atoms with E-state index in [1.165, 1.54) is 11.8 Å². The summed E-state index contributed by atoms with van der Waals surface area (Å²) in [5.41, 5.74) is 1.91. The molecule has 0 fully saturated rings. The van der Waals surface area contributed by atoms with E-state index in [0.29, 0.717) is 18.0 Å². The lowest BCUT2D eigenvalue weighted by molar-refractivity contribution is -0.125. The number of nitrogens with one attached hydrogen (secondary N) is 1. The second-order valence-corrected chi connectivity index (χ2v) is 6.95. The Labute approximate surface area is 143 Å². The van der Waals surface area contributed by atoms with Crippen LogP contribution in [-0.4, -0.2) is 21.9 Å². The maximum absolute atomic E-state index is 12.2. The predicted molar refractivity (Wildman–Crippen MR) is 90.5 cm³/mol. The molecule has 2 aromatic rings. The molecule has 4 nitrogen and oxygen atoms in total. The number of hydrogen-bond acceptors (Lipinski definition) is 4. The number of aromatic nitrogens is 1. The summed E-state index contributed by atoms with van der Waals surface area (Å²) in [5.74, 6) is -0.0534. The molecule has 1 N–H and O–H groups in total. The molecule has 118 valence electrons. The van der Waals surface area contributed by atoms with Gasteiger partial charge >= 0.3 is 0 Å². The van der Waals surface area contributed by atoms with Crippen LogP contribution in [0.2, 0.25) is 5.02 Å². The van der Waals surface area contributed by atoms with Gasteiger partial charge in [0.2, 0.25) is 5.91 Å². The quantitative estimate of drug-likeness (QED) is 0.924. The highest BCUT2D eigenvalue weighted by atomic mass is 35.5. The smallest absolute Gasteiger partial charge is 0.221 e. The Kier molecular flexibility index (Phi) is 4.98. The highest BCUT2D eigenvalue weighted by Gasteiger charge is 2.29. The molecule has 1 aromatic heterocycles. The molecule has 0 bridgehead atoms. The molecule has 1 aliphatic heterocycles. The Bertz CT molecular complexity index is 734. The van der Waals surface area contributed by atoms with Gasteiger partial charge in [0.15, 0.2) is 5.78 Å². The number of thioether (sulfide) groups is 1. The van der Waals surface area contributed by atoms with E-state index >= 15 is 0 Å². The summed E-state index contributed by atoms with van der Waals surface area (Å²) in [6.45, 7) is 0.427. The van der Waals surface area contributed by atoms with Crippen molar-refractivity contribution in [2.75, 3.05) is 0 Å². The lowest BCUT2D eigenvalue weighted by Crippen LogP contribution is -2.32. The molecule has 1 aliphatic rings. The number of rotatable bonds is 4. The molecule has 6 heteroatoms. The van der Waals surface area contributed by atoms with Crippen LogP contribution in [0.5, 0.6) is 0 Å². The number of Topliss-reactive ketones (excluding diaryl/α,β-unsaturated/α-hetero) is 1. The minimum atomic E-state index is -0.359. The Morgan fingerprint density at radius 2 is 2.09 bits per heavy atom. The Morgan fingerprint density at radius 1 is 1.30 bits per heavy atom. The first-order valence-corrected chi connectivity index (χ1v) is 8.52. The molecule has 23 heavy (non-hydrogen) atoms. The molecule has 0 radical (unpaired) electrons. The maximum Gasteiger partial charge on any atom is 0.221 e. The fraction of sp³-hybridized carbons (Fsp3) is 0.235. The van der Waals surface area contributed by atoms with Gasteiger partial charge in [-0.15, -0.1) is 0 Å². The molecule has 0 saturated carbocycles. The van der Waals surface area contributed by atoms with E-state index in [1.807, 2.05) is 24.3 Å². The molecule has 3 rings (SSSR count). The lowest BCUT2D eigenvalue weighted by Gasteiger charge is -2.21. The summed E-state index contributed by atoms with van der Waals surface area (Å²) >= 11 is 7.21. The fourth-order valence-electron chi connectivity index (χ4n) is 2.37. The topological polar surface area (TPSA) is 59.1 Å². The van der Waals surface area contributed by atoms with Gasteiger partial charge in [0, 0.05) is 30.6 Å². The SMILES string of the molecule is O=C(CC1Sc2ncccc2CC1=O)NCc1ccc(Cl)cc1. The van der Waals surface area contributed by atoms with Crippen LogP contribution in [0.3, 0.4) is 0 Å². The van der Waals surface area contributed by atoms with Gasteiger partial charge < -0.3 is 5.32 Å². The summed E-state index contributed by atoms with van der Waals surface area (Å²) in [7, 11) is 0. The zero-order valence-corrected chi connectivity index (χ0v) is 13.9. The monoisotopic (exact) mass is 346 g/mol. The highest BCUT2D eigenvalue weighted by molar-refractivity contribution is 8.00. The highest BCUT2D eigenvalue weighted by Crippen LogP contribution is 2.33. The van der Waals surface area contributed by atoms with Crippen molar-refractivity contribution >= 4 is 35.1 Å². The standard InChI is InChI=1S/C17H15ClN2O2S/c18-13-5-3-11(4-6-13)10-20-16(22)9-15-14(21)8-12-2-1-7-19-17(12)23-15/h1-7,15H,8-10H2,(H,20,22). The maximum atomic E-state index is 12.2. The van der Waals surface area contributed by atoms with Crippen molar-refractivity contribution in [1.29, 1.82) is 0 Å². The third kappa shape index (κ3) is 4.12. The summed E-state index contributed by atoms with van der Waals surface area (Å²) in [6.07, 6.45) is 2.23. The Balaban J connectivity index is 1.56. The van der Waals surface area contributed by atoms with Crippen LogP contribution < -0.4 is 5.32 Å². The van der Waals surface area contributed by atoms with E-state index in [2.05, 4.69) is 10.3 Å². The van der Waals surface area contributed by atoms with Gasteiger partial charge in [-0.1, -0.05) is 41.6 Å². The Hall–Kier alpha value is -1.85. The molecular formula is C17H15ClN2O2S. The third-order valence-electron chi connectivity index (χ3n) is 3.60. The molecule has 1 amide bonds. The van der Waals surface area contributed by atoms with Crippen molar-refractivity contribution in [2.45, 2.75) is 29.7 Å². The second kappa shape index (κ2) is 7.15. The van der Waals surface area contributed by atoms with Crippen molar-refractivity contribution in [3.8, 4) is 0 Å². The second-order valence-electron chi connectivity index (χ2n) is 5.32. The number of ketones is 1. The van der Waals surface area contributed by atoms with Crippen LogP contribution in [0.1, 0.15) is 17.5 Å². The van der Waals surface area contributed by atoms with Crippen LogP contribution in [0.15, 0.2) is 47.6 Å². The molecule has 1 unspecified atom stereocenters. The number of pyridine rings is 1. The molecule has 0 aliphatic carbocycles. The number of hydrogen-bond donors (Lipinski definition) is 1. The zero-order valence-electron chi connectivity index (χ0n) is 12.3. The summed E-state index contributed by atoms with van der Waals surface area (Å²) < 4.78 is 0.